The molecule has 0 aliphatic carbocycles. The van der Waals surface area contributed by atoms with Crippen molar-refractivity contribution in [1.82, 2.24) is 15.2 Å². The van der Waals surface area contributed by atoms with Crippen LogP contribution < -0.4 is 5.43 Å². The predicted octanol–water partition coefficient (Wildman–Crippen LogP) is 4.29. The van der Waals surface area contributed by atoms with Crippen LogP contribution in [0.1, 0.15) is 16.8 Å². The molecule has 0 fully saturated rings. The maximum atomic E-state index is 12.0. The number of hydrogen-bond donors (Lipinski definition) is 1. The van der Waals surface area contributed by atoms with Gasteiger partial charge < -0.3 is 0 Å². The Bertz CT molecular complexity index is 936. The third kappa shape index (κ3) is 4.39. The number of nitrogens with zero attached hydrogens (tertiary/aromatic N) is 3. The first kappa shape index (κ1) is 18.4. The van der Waals surface area contributed by atoms with Gasteiger partial charge in [-0.15, -0.1) is 0 Å². The Balaban J connectivity index is 1.68. The molecule has 0 aliphatic heterocycles. The van der Waals surface area contributed by atoms with Gasteiger partial charge in [-0.05, 0) is 36.8 Å². The fraction of sp³-hybridized carbons (Fsp3) is 0.105. The van der Waals surface area contributed by atoms with Crippen LogP contribution in [0.2, 0.25) is 5.15 Å². The summed E-state index contributed by atoms with van der Waals surface area (Å²) in [5.41, 5.74) is 5.68. The normalized spacial score (nSPS) is 11.0. The zero-order valence-electron chi connectivity index (χ0n) is 14.0. The lowest BCUT2D eigenvalue weighted by atomic mass is 10.1. The highest BCUT2D eigenvalue weighted by Crippen LogP contribution is 2.21. The third-order valence-electron chi connectivity index (χ3n) is 3.71. The Labute approximate surface area is 164 Å². The quantitative estimate of drug-likeness (QED) is 0.484. The van der Waals surface area contributed by atoms with Gasteiger partial charge in [-0.25, -0.2) is 10.1 Å². The van der Waals surface area contributed by atoms with Gasteiger partial charge in [-0.3, -0.25) is 4.79 Å². The average molecular weight is 432 g/mol. The molecule has 0 radical (unpaired) electrons. The molecule has 26 heavy (non-hydrogen) atoms. The first-order valence-electron chi connectivity index (χ1n) is 7.91. The second-order valence-electron chi connectivity index (χ2n) is 5.63. The molecule has 0 spiro atoms. The Morgan fingerprint density at radius 2 is 1.92 bits per heavy atom. The molecule has 1 heterocycles. The molecule has 7 heteroatoms. The molecule has 0 bridgehead atoms. The molecular formula is C19H16BrClN4O. The van der Waals surface area contributed by atoms with Crippen LogP contribution in [-0.4, -0.2) is 21.9 Å². The lowest BCUT2D eigenvalue weighted by Crippen LogP contribution is -2.19. The number of nitrogens with one attached hydrogen (secondary N) is 1. The van der Waals surface area contributed by atoms with Crippen molar-refractivity contribution in [2.24, 2.45) is 5.10 Å². The van der Waals surface area contributed by atoms with Crippen LogP contribution >= 0.6 is 27.5 Å². The second kappa shape index (κ2) is 8.29. The molecular weight excluding hydrogens is 416 g/mol. The summed E-state index contributed by atoms with van der Waals surface area (Å²) in [7, 11) is 0. The molecule has 1 amide bonds. The third-order valence-corrected chi connectivity index (χ3v) is 4.60. The van der Waals surface area contributed by atoms with Crippen LogP contribution in [0.3, 0.4) is 0 Å². The van der Waals surface area contributed by atoms with Crippen LogP contribution in [0, 0.1) is 6.92 Å². The van der Waals surface area contributed by atoms with Crippen molar-refractivity contribution in [1.29, 1.82) is 0 Å². The number of hydrogen-bond acceptors (Lipinski definition) is 3. The molecule has 132 valence electrons. The molecule has 0 atom stereocenters. The van der Waals surface area contributed by atoms with Crippen molar-refractivity contribution in [3.05, 3.63) is 81.0 Å². The monoisotopic (exact) mass is 430 g/mol. The van der Waals surface area contributed by atoms with Crippen molar-refractivity contribution in [3.8, 4) is 5.69 Å². The van der Waals surface area contributed by atoms with E-state index in [0.29, 0.717) is 10.7 Å². The zero-order valence-corrected chi connectivity index (χ0v) is 16.3. The number of hydrazone groups is 1. The van der Waals surface area contributed by atoms with E-state index in [-0.39, 0.29) is 12.3 Å². The Morgan fingerprint density at radius 1 is 1.23 bits per heavy atom. The Hall–Kier alpha value is -2.44. The summed E-state index contributed by atoms with van der Waals surface area (Å²) in [5.74, 6) is -0.201. The average Bonchev–Trinajstić information content (AvgIpc) is 2.92. The minimum Gasteiger partial charge on any atom is -0.273 e. The van der Waals surface area contributed by atoms with E-state index in [9.17, 15) is 4.79 Å². The largest absolute Gasteiger partial charge is 0.273 e. The summed E-state index contributed by atoms with van der Waals surface area (Å²) in [6.45, 7) is 1.84. The van der Waals surface area contributed by atoms with Crippen LogP contribution in [-0.2, 0) is 11.2 Å². The van der Waals surface area contributed by atoms with Crippen LogP contribution in [0.4, 0.5) is 0 Å². The molecule has 3 rings (SSSR count). The standard InChI is InChI=1S/C19H16BrClN4O/c1-13-17(19(21)25(24-13)16-5-3-2-4-6-16)12-22-23-18(26)11-14-7-9-15(20)10-8-14/h2-10,12H,11H2,1H3,(H,23,26)/b22-12-. The fourth-order valence-electron chi connectivity index (χ4n) is 2.39. The van der Waals surface area contributed by atoms with Gasteiger partial charge in [0, 0.05) is 4.47 Å². The predicted molar refractivity (Wildman–Crippen MR) is 107 cm³/mol. The summed E-state index contributed by atoms with van der Waals surface area (Å²) >= 11 is 9.78. The Morgan fingerprint density at radius 3 is 2.62 bits per heavy atom. The highest BCUT2D eigenvalue weighted by Gasteiger charge is 2.13. The lowest BCUT2D eigenvalue weighted by Gasteiger charge is -2.02. The fourth-order valence-corrected chi connectivity index (χ4v) is 2.98. The summed E-state index contributed by atoms with van der Waals surface area (Å²) in [6, 6.07) is 17.2. The van der Waals surface area contributed by atoms with E-state index in [4.69, 9.17) is 11.6 Å². The van der Waals surface area contributed by atoms with Crippen molar-refractivity contribution in [2.75, 3.05) is 0 Å². The SMILES string of the molecule is Cc1nn(-c2ccccc2)c(Cl)c1/C=N\NC(=O)Cc1ccc(Br)cc1. The van der Waals surface area contributed by atoms with Gasteiger partial charge in [0.2, 0.25) is 5.91 Å². The topological polar surface area (TPSA) is 59.3 Å². The van der Waals surface area contributed by atoms with Crippen molar-refractivity contribution in [3.63, 3.8) is 0 Å². The Kier molecular flexibility index (Phi) is 5.85. The van der Waals surface area contributed by atoms with E-state index in [1.54, 1.807) is 4.68 Å². The number of aromatic nitrogens is 2. The number of benzene rings is 2. The maximum Gasteiger partial charge on any atom is 0.244 e. The molecule has 1 aromatic heterocycles. The molecule has 0 aliphatic rings. The number of aryl methyl sites for hydroxylation is 1. The molecule has 0 unspecified atom stereocenters. The van der Waals surface area contributed by atoms with Gasteiger partial charge in [0.25, 0.3) is 0 Å². The smallest absolute Gasteiger partial charge is 0.244 e. The minimum absolute atomic E-state index is 0.201. The van der Waals surface area contributed by atoms with E-state index < -0.39 is 0 Å². The number of para-hydroxylation sites is 1. The van der Waals surface area contributed by atoms with Gasteiger partial charge in [0.05, 0.1) is 29.6 Å². The number of carbonyl (C=O) groups is 1. The van der Waals surface area contributed by atoms with E-state index in [0.717, 1.165) is 21.4 Å². The van der Waals surface area contributed by atoms with E-state index >= 15 is 0 Å². The zero-order chi connectivity index (χ0) is 18.5. The molecule has 3 aromatic rings. The number of rotatable bonds is 5. The van der Waals surface area contributed by atoms with Gasteiger partial charge in [0.1, 0.15) is 5.15 Å². The molecule has 2 aromatic carbocycles. The molecule has 5 nitrogen and oxygen atoms in total. The highest BCUT2D eigenvalue weighted by molar-refractivity contribution is 9.10. The van der Waals surface area contributed by atoms with Crippen LogP contribution in [0.25, 0.3) is 5.69 Å². The van der Waals surface area contributed by atoms with Crippen molar-refractivity contribution < 1.29 is 4.79 Å². The van der Waals surface area contributed by atoms with E-state index in [1.165, 1.54) is 6.21 Å². The molecule has 1 N–H and O–H groups in total. The van der Waals surface area contributed by atoms with Gasteiger partial charge >= 0.3 is 0 Å². The molecule has 0 saturated heterocycles. The number of halogens is 2. The summed E-state index contributed by atoms with van der Waals surface area (Å²) in [6.07, 6.45) is 1.77. The van der Waals surface area contributed by atoms with E-state index in [1.807, 2.05) is 61.5 Å². The lowest BCUT2D eigenvalue weighted by molar-refractivity contribution is -0.120. The summed E-state index contributed by atoms with van der Waals surface area (Å²) in [4.78, 5) is 12.0. The second-order valence-corrected chi connectivity index (χ2v) is 6.91. The first-order chi connectivity index (χ1) is 12.5. The maximum absolute atomic E-state index is 12.0. The van der Waals surface area contributed by atoms with Gasteiger partial charge in [-0.2, -0.15) is 10.2 Å². The van der Waals surface area contributed by atoms with Crippen LogP contribution in [0.5, 0.6) is 0 Å². The summed E-state index contributed by atoms with van der Waals surface area (Å²) in [5, 5.41) is 8.89. The van der Waals surface area contributed by atoms with Crippen molar-refractivity contribution in [2.45, 2.75) is 13.3 Å². The van der Waals surface area contributed by atoms with Gasteiger partial charge in [0.15, 0.2) is 0 Å². The van der Waals surface area contributed by atoms with Gasteiger partial charge in [-0.1, -0.05) is 57.9 Å². The van der Waals surface area contributed by atoms with Crippen LogP contribution in [0.15, 0.2) is 64.2 Å². The van der Waals surface area contributed by atoms with Crippen molar-refractivity contribution >= 4 is 39.7 Å². The first-order valence-corrected chi connectivity index (χ1v) is 9.08. The minimum atomic E-state index is -0.201. The number of carbonyl (C=O) groups excluding carboxylic acids is 1. The highest BCUT2D eigenvalue weighted by atomic mass is 79.9. The van der Waals surface area contributed by atoms with E-state index in [2.05, 4.69) is 31.6 Å². The number of amides is 1. The molecule has 0 saturated carbocycles. The summed E-state index contributed by atoms with van der Waals surface area (Å²) < 4.78 is 2.61.